The van der Waals surface area contributed by atoms with Crippen LogP contribution in [0.4, 0.5) is 0 Å². The summed E-state index contributed by atoms with van der Waals surface area (Å²) in [5, 5.41) is 0. The first-order valence-electron chi connectivity index (χ1n) is 17.3. The Hall–Kier alpha value is -3.40. The van der Waals surface area contributed by atoms with E-state index in [9.17, 15) is 9.59 Å². The summed E-state index contributed by atoms with van der Waals surface area (Å²) in [6.45, 7) is 8.82. The molecule has 0 aliphatic rings. The van der Waals surface area contributed by atoms with Crippen LogP contribution in [-0.4, -0.2) is 11.9 Å². The van der Waals surface area contributed by atoms with Crippen LogP contribution in [0.5, 0.6) is 11.5 Å². The van der Waals surface area contributed by atoms with E-state index in [1.807, 2.05) is 12.1 Å². The molecule has 0 aromatic heterocycles. The zero-order valence-corrected chi connectivity index (χ0v) is 27.7. The molecular weight excluding hydrogens is 544 g/mol. The molecule has 0 radical (unpaired) electrons. The van der Waals surface area contributed by atoms with Gasteiger partial charge < -0.3 is 9.47 Å². The zero-order valence-electron chi connectivity index (χ0n) is 27.7. The Morgan fingerprint density at radius 1 is 0.455 bits per heavy atom. The highest BCUT2D eigenvalue weighted by molar-refractivity contribution is 5.95. The van der Waals surface area contributed by atoms with Crippen molar-refractivity contribution in [1.29, 1.82) is 0 Å². The lowest BCUT2D eigenvalue weighted by Gasteiger charge is -2.13. The SMILES string of the molecule is CCCCCc1ccc(OC(=O)c2ccc(C(=O)Oc3ccc(CCCCC)cc3CCCCC)cc2)c(CCCCC)c1. The summed E-state index contributed by atoms with van der Waals surface area (Å²) >= 11 is 0. The van der Waals surface area contributed by atoms with Crippen LogP contribution in [-0.2, 0) is 25.7 Å². The third-order valence-electron chi connectivity index (χ3n) is 8.25. The summed E-state index contributed by atoms with van der Waals surface area (Å²) < 4.78 is 11.8. The molecule has 0 amide bonds. The van der Waals surface area contributed by atoms with Gasteiger partial charge in [-0.05, 0) is 110 Å². The molecule has 3 aromatic rings. The maximum atomic E-state index is 13.1. The van der Waals surface area contributed by atoms with Crippen LogP contribution in [0.1, 0.15) is 148 Å². The molecule has 0 saturated heterocycles. The Bertz CT molecular complexity index is 1190. The molecule has 0 bridgehead atoms. The third kappa shape index (κ3) is 11.6. The maximum Gasteiger partial charge on any atom is 0.343 e. The molecule has 0 heterocycles. The van der Waals surface area contributed by atoms with Crippen LogP contribution in [0.15, 0.2) is 60.7 Å². The van der Waals surface area contributed by atoms with Crippen molar-refractivity contribution in [3.05, 3.63) is 94.0 Å². The Balaban J connectivity index is 1.68. The second kappa shape index (κ2) is 19.8. The number of carbonyl (C=O) groups excluding carboxylic acids is 2. The van der Waals surface area contributed by atoms with E-state index in [0.29, 0.717) is 22.6 Å². The summed E-state index contributed by atoms with van der Waals surface area (Å²) in [7, 11) is 0. The van der Waals surface area contributed by atoms with E-state index < -0.39 is 11.9 Å². The molecule has 3 aromatic carbocycles. The highest BCUT2D eigenvalue weighted by atomic mass is 16.5. The lowest BCUT2D eigenvalue weighted by molar-refractivity contribution is 0.0719. The predicted octanol–water partition coefficient (Wildman–Crippen LogP) is 11.1. The Morgan fingerprint density at radius 2 is 0.795 bits per heavy atom. The molecule has 0 spiro atoms. The average Bonchev–Trinajstić information content (AvgIpc) is 3.03. The van der Waals surface area contributed by atoms with Crippen LogP contribution in [0, 0.1) is 0 Å². The topological polar surface area (TPSA) is 52.6 Å². The maximum absolute atomic E-state index is 13.1. The van der Waals surface area contributed by atoms with Crippen LogP contribution < -0.4 is 9.47 Å². The van der Waals surface area contributed by atoms with Gasteiger partial charge in [0.1, 0.15) is 11.5 Å². The first kappa shape index (κ1) is 35.1. The monoisotopic (exact) mass is 598 g/mol. The van der Waals surface area contributed by atoms with E-state index in [0.717, 1.165) is 75.3 Å². The first-order valence-corrected chi connectivity index (χ1v) is 17.3. The van der Waals surface area contributed by atoms with Crippen molar-refractivity contribution in [3.8, 4) is 11.5 Å². The normalized spacial score (nSPS) is 11.0. The molecule has 0 atom stereocenters. The van der Waals surface area contributed by atoms with E-state index >= 15 is 0 Å². The smallest absolute Gasteiger partial charge is 0.343 e. The molecule has 3 rings (SSSR count). The molecule has 0 saturated carbocycles. The number of carbonyl (C=O) groups is 2. The quantitative estimate of drug-likeness (QED) is 0.0737. The largest absolute Gasteiger partial charge is 0.423 e. The van der Waals surface area contributed by atoms with Crippen molar-refractivity contribution in [2.45, 2.75) is 130 Å². The lowest BCUT2D eigenvalue weighted by Crippen LogP contribution is -2.13. The average molecular weight is 599 g/mol. The molecule has 0 N–H and O–H groups in total. The van der Waals surface area contributed by atoms with Gasteiger partial charge in [-0.1, -0.05) is 103 Å². The minimum absolute atomic E-state index is 0.407. The predicted molar refractivity (Wildman–Crippen MR) is 182 cm³/mol. The van der Waals surface area contributed by atoms with E-state index in [1.165, 1.54) is 49.7 Å². The summed E-state index contributed by atoms with van der Waals surface area (Å²) in [5.74, 6) is 0.416. The number of esters is 2. The van der Waals surface area contributed by atoms with Crippen LogP contribution in [0.3, 0.4) is 0 Å². The van der Waals surface area contributed by atoms with Crippen LogP contribution >= 0.6 is 0 Å². The van der Waals surface area contributed by atoms with Crippen molar-refractivity contribution < 1.29 is 19.1 Å². The van der Waals surface area contributed by atoms with E-state index in [-0.39, 0.29) is 0 Å². The van der Waals surface area contributed by atoms with Gasteiger partial charge in [-0.15, -0.1) is 0 Å². The third-order valence-corrected chi connectivity index (χ3v) is 8.25. The number of hydrogen-bond acceptors (Lipinski definition) is 4. The number of hydrogen-bond donors (Lipinski definition) is 0. The van der Waals surface area contributed by atoms with Gasteiger partial charge in [0.25, 0.3) is 0 Å². The van der Waals surface area contributed by atoms with Gasteiger partial charge in [-0.2, -0.15) is 0 Å². The summed E-state index contributed by atoms with van der Waals surface area (Å²) in [6.07, 6.45) is 17.8. The van der Waals surface area contributed by atoms with Gasteiger partial charge in [0.15, 0.2) is 0 Å². The molecule has 4 heteroatoms. The molecule has 0 fully saturated rings. The Labute approximate surface area is 266 Å². The lowest BCUT2D eigenvalue weighted by atomic mass is 10.00. The molecule has 0 unspecified atom stereocenters. The van der Waals surface area contributed by atoms with Crippen molar-refractivity contribution in [2.75, 3.05) is 0 Å². The van der Waals surface area contributed by atoms with Gasteiger partial charge >= 0.3 is 11.9 Å². The van der Waals surface area contributed by atoms with Crippen molar-refractivity contribution in [1.82, 2.24) is 0 Å². The molecule has 238 valence electrons. The van der Waals surface area contributed by atoms with Crippen LogP contribution in [0.2, 0.25) is 0 Å². The van der Waals surface area contributed by atoms with Gasteiger partial charge in [-0.25, -0.2) is 9.59 Å². The standard InChI is InChI=1S/C40H54O4/c1-5-9-13-17-31-21-27-37(35(29-31)19-15-11-7-3)43-39(41)33-23-25-34(26-24-33)40(42)44-38-28-22-32(18-14-10-6-2)30-36(38)20-16-12-8-4/h21-30H,5-20H2,1-4H3. The minimum Gasteiger partial charge on any atom is -0.423 e. The number of rotatable bonds is 20. The van der Waals surface area contributed by atoms with Crippen molar-refractivity contribution in [2.24, 2.45) is 0 Å². The molecule has 0 aliphatic carbocycles. The molecule has 44 heavy (non-hydrogen) atoms. The fourth-order valence-corrected chi connectivity index (χ4v) is 5.52. The zero-order chi connectivity index (χ0) is 31.6. The summed E-state index contributed by atoms with van der Waals surface area (Å²) in [5.41, 5.74) is 5.59. The van der Waals surface area contributed by atoms with Gasteiger partial charge in [0, 0.05) is 0 Å². The van der Waals surface area contributed by atoms with E-state index in [1.54, 1.807) is 24.3 Å². The highest BCUT2D eigenvalue weighted by Gasteiger charge is 2.16. The fraction of sp³-hybridized carbons (Fsp3) is 0.500. The summed E-state index contributed by atoms with van der Waals surface area (Å²) in [4.78, 5) is 26.2. The number of aryl methyl sites for hydroxylation is 4. The number of benzene rings is 3. The molecule has 4 nitrogen and oxygen atoms in total. The van der Waals surface area contributed by atoms with Crippen molar-refractivity contribution in [3.63, 3.8) is 0 Å². The van der Waals surface area contributed by atoms with E-state index in [2.05, 4.69) is 52.0 Å². The first-order chi connectivity index (χ1) is 21.5. The van der Waals surface area contributed by atoms with Gasteiger partial charge in [-0.3, -0.25) is 0 Å². The Kier molecular flexibility index (Phi) is 15.8. The van der Waals surface area contributed by atoms with Crippen LogP contribution in [0.25, 0.3) is 0 Å². The van der Waals surface area contributed by atoms with Gasteiger partial charge in [0.05, 0.1) is 11.1 Å². The summed E-state index contributed by atoms with van der Waals surface area (Å²) in [6, 6.07) is 19.0. The molecular formula is C40H54O4. The number of ether oxygens (including phenoxy) is 2. The second-order valence-electron chi connectivity index (χ2n) is 12.1. The molecule has 0 aliphatic heterocycles. The Morgan fingerprint density at radius 3 is 1.14 bits per heavy atom. The highest BCUT2D eigenvalue weighted by Crippen LogP contribution is 2.27. The number of unbranched alkanes of at least 4 members (excludes halogenated alkanes) is 8. The van der Waals surface area contributed by atoms with E-state index in [4.69, 9.17) is 9.47 Å². The fourth-order valence-electron chi connectivity index (χ4n) is 5.52. The van der Waals surface area contributed by atoms with Crippen molar-refractivity contribution >= 4 is 11.9 Å². The second-order valence-corrected chi connectivity index (χ2v) is 12.1. The minimum atomic E-state index is -0.419. The van der Waals surface area contributed by atoms with Gasteiger partial charge in [0.2, 0.25) is 0 Å².